The number of para-hydroxylation sites is 1. The van der Waals surface area contributed by atoms with Crippen molar-refractivity contribution in [3.63, 3.8) is 0 Å². The van der Waals surface area contributed by atoms with E-state index in [4.69, 9.17) is 9.47 Å². The van der Waals surface area contributed by atoms with Crippen LogP contribution in [0.25, 0.3) is 0 Å². The van der Waals surface area contributed by atoms with Crippen LogP contribution in [0.1, 0.15) is 19.3 Å². The van der Waals surface area contributed by atoms with Crippen molar-refractivity contribution in [1.29, 1.82) is 0 Å². The van der Waals surface area contributed by atoms with E-state index in [1.807, 2.05) is 30.3 Å². The monoisotopic (exact) mass is 474 g/mol. The number of hydrogen-bond donors (Lipinski definition) is 2. The second kappa shape index (κ2) is 11.6. The smallest absolute Gasteiger partial charge is 0.191 e. The summed E-state index contributed by atoms with van der Waals surface area (Å²) in [7, 11) is 1.80. The molecule has 0 aromatic heterocycles. The van der Waals surface area contributed by atoms with Gasteiger partial charge in [-0.05, 0) is 37.9 Å². The highest BCUT2D eigenvalue weighted by molar-refractivity contribution is 14.0. The Morgan fingerprint density at radius 1 is 1.31 bits per heavy atom. The quantitative estimate of drug-likeness (QED) is 0.275. The van der Waals surface area contributed by atoms with Crippen LogP contribution in [-0.4, -0.2) is 69.4 Å². The number of benzene rings is 1. The molecule has 0 spiro atoms. The summed E-state index contributed by atoms with van der Waals surface area (Å²) in [6.45, 7) is 5.43. The Bertz CT molecular complexity index is 544. The zero-order valence-electron chi connectivity index (χ0n) is 15.5. The largest absolute Gasteiger partial charge is 0.494 e. The summed E-state index contributed by atoms with van der Waals surface area (Å²) in [4.78, 5) is 6.84. The molecule has 0 bridgehead atoms. The van der Waals surface area contributed by atoms with Gasteiger partial charge in [0.25, 0.3) is 0 Å². The zero-order valence-corrected chi connectivity index (χ0v) is 17.9. The summed E-state index contributed by atoms with van der Waals surface area (Å²) in [6.07, 6.45) is 3.76. The van der Waals surface area contributed by atoms with E-state index in [1.54, 1.807) is 7.05 Å². The van der Waals surface area contributed by atoms with Crippen LogP contribution < -0.4 is 15.4 Å². The van der Waals surface area contributed by atoms with E-state index in [-0.39, 0.29) is 30.1 Å². The lowest BCUT2D eigenvalue weighted by Gasteiger charge is -2.35. The molecule has 2 fully saturated rings. The Morgan fingerprint density at radius 2 is 2.15 bits per heavy atom. The van der Waals surface area contributed by atoms with Crippen LogP contribution in [0.5, 0.6) is 5.75 Å². The van der Waals surface area contributed by atoms with Crippen molar-refractivity contribution in [2.24, 2.45) is 4.99 Å². The lowest BCUT2D eigenvalue weighted by molar-refractivity contribution is -0.0453. The summed E-state index contributed by atoms with van der Waals surface area (Å²) in [5.41, 5.74) is 0. The Balaban J connectivity index is 0.00000243. The lowest BCUT2D eigenvalue weighted by Crippen LogP contribution is -2.51. The highest BCUT2D eigenvalue weighted by Crippen LogP contribution is 2.22. The third-order valence-electron chi connectivity index (χ3n) is 4.81. The molecule has 2 aliphatic rings. The molecule has 146 valence electrons. The first-order valence-electron chi connectivity index (χ1n) is 9.33. The Labute approximate surface area is 173 Å². The van der Waals surface area contributed by atoms with Crippen LogP contribution in [0.15, 0.2) is 35.3 Å². The fourth-order valence-corrected chi connectivity index (χ4v) is 3.43. The predicted molar refractivity (Wildman–Crippen MR) is 116 cm³/mol. The van der Waals surface area contributed by atoms with Crippen LogP contribution in [0, 0.1) is 0 Å². The first kappa shape index (κ1) is 21.2. The van der Waals surface area contributed by atoms with Gasteiger partial charge in [0.05, 0.1) is 19.3 Å². The molecule has 0 radical (unpaired) electrons. The molecule has 1 aromatic carbocycles. The molecule has 2 unspecified atom stereocenters. The number of guanidine groups is 1. The van der Waals surface area contributed by atoms with Crippen LogP contribution in [-0.2, 0) is 4.74 Å². The SMILES string of the molecule is CN=C(NCCCOc1ccccc1)NCC1CN2CCCC2CO1.I. The summed E-state index contributed by atoms with van der Waals surface area (Å²) >= 11 is 0. The van der Waals surface area contributed by atoms with Crippen LogP contribution in [0.2, 0.25) is 0 Å². The van der Waals surface area contributed by atoms with Gasteiger partial charge in [-0.3, -0.25) is 9.89 Å². The normalized spacial score (nSPS) is 23.0. The summed E-state index contributed by atoms with van der Waals surface area (Å²) in [6, 6.07) is 10.6. The van der Waals surface area contributed by atoms with Gasteiger partial charge in [-0.1, -0.05) is 18.2 Å². The van der Waals surface area contributed by atoms with Crippen molar-refractivity contribution in [3.8, 4) is 5.75 Å². The first-order chi connectivity index (χ1) is 12.3. The highest BCUT2D eigenvalue weighted by Gasteiger charge is 2.32. The molecule has 6 nitrogen and oxygen atoms in total. The number of fused-ring (bicyclic) bond motifs is 1. The standard InChI is InChI=1S/C19H30N4O2.HI/c1-20-19(21-10-6-12-24-17-8-3-2-4-9-17)22-13-18-14-23-11-5-7-16(23)15-25-18;/h2-4,8-9,16,18H,5-7,10-15H2,1H3,(H2,20,21,22);1H. The van der Waals surface area contributed by atoms with Gasteiger partial charge in [-0.25, -0.2) is 0 Å². The first-order valence-corrected chi connectivity index (χ1v) is 9.33. The summed E-state index contributed by atoms with van der Waals surface area (Å²) in [5.74, 6) is 1.74. The molecule has 3 rings (SSSR count). The van der Waals surface area contributed by atoms with Crippen molar-refractivity contribution in [3.05, 3.63) is 30.3 Å². The number of ether oxygens (including phenoxy) is 2. The van der Waals surface area contributed by atoms with Gasteiger partial charge in [0.2, 0.25) is 0 Å². The van der Waals surface area contributed by atoms with Crippen molar-refractivity contribution in [2.45, 2.75) is 31.4 Å². The minimum absolute atomic E-state index is 0. The molecule has 2 atom stereocenters. The number of morpholine rings is 1. The molecule has 0 aliphatic carbocycles. The van der Waals surface area contributed by atoms with Crippen LogP contribution in [0.3, 0.4) is 0 Å². The van der Waals surface area contributed by atoms with Crippen LogP contribution >= 0.6 is 24.0 Å². The summed E-state index contributed by atoms with van der Waals surface area (Å²) < 4.78 is 11.7. The third-order valence-corrected chi connectivity index (χ3v) is 4.81. The van der Waals surface area contributed by atoms with E-state index in [0.29, 0.717) is 12.6 Å². The van der Waals surface area contributed by atoms with Gasteiger partial charge in [0, 0.05) is 32.7 Å². The predicted octanol–water partition coefficient (Wildman–Crippen LogP) is 2.10. The summed E-state index contributed by atoms with van der Waals surface area (Å²) in [5, 5.41) is 6.71. The van der Waals surface area contributed by atoms with Gasteiger partial charge in [0.15, 0.2) is 5.96 Å². The van der Waals surface area contributed by atoms with Gasteiger partial charge in [-0.15, -0.1) is 24.0 Å². The zero-order chi connectivity index (χ0) is 17.3. The maximum absolute atomic E-state index is 5.97. The van der Waals surface area contributed by atoms with Gasteiger partial charge in [0.1, 0.15) is 5.75 Å². The van der Waals surface area contributed by atoms with Crippen molar-refractivity contribution in [2.75, 3.05) is 46.4 Å². The van der Waals surface area contributed by atoms with Crippen molar-refractivity contribution >= 4 is 29.9 Å². The molecule has 0 saturated carbocycles. The average molecular weight is 474 g/mol. The second-order valence-electron chi connectivity index (χ2n) is 6.64. The van der Waals surface area contributed by atoms with Gasteiger partial charge in [-0.2, -0.15) is 0 Å². The maximum Gasteiger partial charge on any atom is 0.191 e. The van der Waals surface area contributed by atoms with Crippen LogP contribution in [0.4, 0.5) is 0 Å². The molecule has 1 aromatic rings. The molecular weight excluding hydrogens is 443 g/mol. The molecular formula is C19H31IN4O2. The number of aliphatic imine (C=N–C) groups is 1. The van der Waals surface area contributed by atoms with Gasteiger partial charge >= 0.3 is 0 Å². The third kappa shape index (κ3) is 6.59. The van der Waals surface area contributed by atoms with E-state index in [0.717, 1.165) is 44.4 Å². The average Bonchev–Trinajstić information content (AvgIpc) is 3.12. The molecule has 2 heterocycles. The van der Waals surface area contributed by atoms with Crippen molar-refractivity contribution < 1.29 is 9.47 Å². The maximum atomic E-state index is 5.97. The Morgan fingerprint density at radius 3 is 2.96 bits per heavy atom. The molecule has 7 heteroatoms. The lowest BCUT2D eigenvalue weighted by atomic mass is 10.2. The molecule has 0 amide bonds. The van der Waals surface area contributed by atoms with E-state index < -0.39 is 0 Å². The van der Waals surface area contributed by atoms with E-state index in [1.165, 1.54) is 19.4 Å². The van der Waals surface area contributed by atoms with E-state index in [2.05, 4.69) is 20.5 Å². The minimum atomic E-state index is 0. The number of nitrogens with zero attached hydrogens (tertiary/aromatic N) is 2. The Hall–Kier alpha value is -1.06. The number of rotatable bonds is 7. The highest BCUT2D eigenvalue weighted by atomic mass is 127. The molecule has 26 heavy (non-hydrogen) atoms. The number of halogens is 1. The molecule has 2 N–H and O–H groups in total. The molecule has 2 aliphatic heterocycles. The fraction of sp³-hybridized carbons (Fsp3) is 0.632. The fourth-order valence-electron chi connectivity index (χ4n) is 3.43. The van der Waals surface area contributed by atoms with Crippen molar-refractivity contribution in [1.82, 2.24) is 15.5 Å². The Kier molecular flexibility index (Phi) is 9.49. The van der Waals surface area contributed by atoms with Gasteiger partial charge < -0.3 is 20.1 Å². The van der Waals surface area contributed by atoms with E-state index >= 15 is 0 Å². The minimum Gasteiger partial charge on any atom is -0.494 e. The second-order valence-corrected chi connectivity index (χ2v) is 6.64. The number of hydrogen-bond acceptors (Lipinski definition) is 4. The van der Waals surface area contributed by atoms with E-state index in [9.17, 15) is 0 Å². The topological polar surface area (TPSA) is 58.1 Å². The molecule has 2 saturated heterocycles. The number of nitrogens with one attached hydrogen (secondary N) is 2.